The van der Waals surface area contributed by atoms with Gasteiger partial charge in [0.1, 0.15) is 0 Å². The standard InChI is InChI=1S/C10H15F2N3S/c1-13-9-7(11)6-8(12)10(14-9)15(2)4-5-16-3/h6H,4-5H2,1-3H3,(H,13,14). The maximum atomic E-state index is 13.5. The molecule has 16 heavy (non-hydrogen) atoms. The van der Waals surface area contributed by atoms with Crippen molar-refractivity contribution in [2.75, 3.05) is 42.9 Å². The number of pyridine rings is 1. The first-order valence-electron chi connectivity index (χ1n) is 4.84. The molecule has 0 spiro atoms. The van der Waals surface area contributed by atoms with E-state index >= 15 is 0 Å². The van der Waals surface area contributed by atoms with Gasteiger partial charge in [-0.1, -0.05) is 0 Å². The number of nitrogens with one attached hydrogen (secondary N) is 1. The highest BCUT2D eigenvalue weighted by atomic mass is 32.2. The minimum absolute atomic E-state index is 0.0624. The zero-order chi connectivity index (χ0) is 12.1. The van der Waals surface area contributed by atoms with Crippen molar-refractivity contribution in [3.63, 3.8) is 0 Å². The zero-order valence-corrected chi connectivity index (χ0v) is 10.4. The molecule has 0 aliphatic heterocycles. The lowest BCUT2D eigenvalue weighted by Crippen LogP contribution is -2.23. The Hall–Kier alpha value is -1.04. The number of anilines is 2. The molecule has 0 unspecified atom stereocenters. The van der Waals surface area contributed by atoms with Gasteiger partial charge in [-0.05, 0) is 6.26 Å². The van der Waals surface area contributed by atoms with Gasteiger partial charge < -0.3 is 10.2 Å². The highest BCUT2D eigenvalue weighted by Crippen LogP contribution is 2.21. The van der Waals surface area contributed by atoms with Crippen LogP contribution in [-0.4, -0.2) is 37.6 Å². The first-order valence-corrected chi connectivity index (χ1v) is 6.23. The van der Waals surface area contributed by atoms with E-state index in [1.807, 2.05) is 6.26 Å². The first-order chi connectivity index (χ1) is 7.60. The summed E-state index contributed by atoms with van der Waals surface area (Å²) in [7, 11) is 3.29. The van der Waals surface area contributed by atoms with Gasteiger partial charge >= 0.3 is 0 Å². The van der Waals surface area contributed by atoms with Crippen LogP contribution in [-0.2, 0) is 0 Å². The molecule has 1 rings (SSSR count). The molecular weight excluding hydrogens is 232 g/mol. The summed E-state index contributed by atoms with van der Waals surface area (Å²) in [6.07, 6.45) is 1.97. The van der Waals surface area contributed by atoms with E-state index in [4.69, 9.17) is 0 Å². The van der Waals surface area contributed by atoms with E-state index in [2.05, 4.69) is 10.3 Å². The number of halogens is 2. The van der Waals surface area contributed by atoms with Crippen LogP contribution >= 0.6 is 11.8 Å². The van der Waals surface area contributed by atoms with Crippen LogP contribution in [0, 0.1) is 11.6 Å². The van der Waals surface area contributed by atoms with Crippen molar-refractivity contribution in [2.45, 2.75) is 0 Å². The molecular formula is C10H15F2N3S. The summed E-state index contributed by atoms with van der Waals surface area (Å²) in [6.45, 7) is 0.667. The van der Waals surface area contributed by atoms with Gasteiger partial charge in [-0.15, -0.1) is 0 Å². The molecule has 0 fully saturated rings. The summed E-state index contributed by atoms with van der Waals surface area (Å²) in [5.41, 5.74) is 0. The lowest BCUT2D eigenvalue weighted by atomic mass is 10.3. The van der Waals surface area contributed by atoms with Gasteiger partial charge in [0.2, 0.25) is 0 Å². The molecule has 0 radical (unpaired) electrons. The predicted molar refractivity (Wildman–Crippen MR) is 65.4 cm³/mol. The fourth-order valence-electron chi connectivity index (χ4n) is 1.23. The molecule has 0 amide bonds. The largest absolute Gasteiger partial charge is 0.371 e. The third-order valence-electron chi connectivity index (χ3n) is 2.14. The molecule has 1 aromatic rings. The minimum Gasteiger partial charge on any atom is -0.371 e. The monoisotopic (exact) mass is 247 g/mol. The van der Waals surface area contributed by atoms with E-state index in [1.165, 1.54) is 0 Å². The molecule has 0 saturated carbocycles. The maximum absolute atomic E-state index is 13.5. The van der Waals surface area contributed by atoms with Gasteiger partial charge in [-0.2, -0.15) is 11.8 Å². The highest BCUT2D eigenvalue weighted by molar-refractivity contribution is 7.98. The molecule has 0 aliphatic rings. The molecule has 1 aromatic heterocycles. The fourth-order valence-corrected chi connectivity index (χ4v) is 1.69. The number of aromatic nitrogens is 1. The molecule has 0 aromatic carbocycles. The highest BCUT2D eigenvalue weighted by Gasteiger charge is 2.13. The van der Waals surface area contributed by atoms with Crippen molar-refractivity contribution in [3.05, 3.63) is 17.7 Å². The molecule has 6 heteroatoms. The van der Waals surface area contributed by atoms with Gasteiger partial charge in [0.25, 0.3) is 0 Å². The van der Waals surface area contributed by atoms with E-state index in [0.717, 1.165) is 11.8 Å². The van der Waals surface area contributed by atoms with Crippen molar-refractivity contribution < 1.29 is 8.78 Å². The molecule has 3 nitrogen and oxygen atoms in total. The first kappa shape index (κ1) is 13.0. The zero-order valence-electron chi connectivity index (χ0n) is 9.55. The van der Waals surface area contributed by atoms with Gasteiger partial charge in [-0.3, -0.25) is 0 Å². The fraction of sp³-hybridized carbons (Fsp3) is 0.500. The topological polar surface area (TPSA) is 28.2 Å². The van der Waals surface area contributed by atoms with E-state index in [9.17, 15) is 8.78 Å². The van der Waals surface area contributed by atoms with Crippen molar-refractivity contribution in [1.29, 1.82) is 0 Å². The Morgan fingerprint density at radius 1 is 1.44 bits per heavy atom. The molecule has 1 heterocycles. The van der Waals surface area contributed by atoms with Crippen LogP contribution in [0.3, 0.4) is 0 Å². The van der Waals surface area contributed by atoms with Crippen LogP contribution in [0.1, 0.15) is 0 Å². The molecule has 0 bridgehead atoms. The maximum Gasteiger partial charge on any atom is 0.168 e. The number of nitrogens with zero attached hydrogens (tertiary/aromatic N) is 2. The average molecular weight is 247 g/mol. The lowest BCUT2D eigenvalue weighted by Gasteiger charge is -2.19. The van der Waals surface area contributed by atoms with Crippen LogP contribution in [0.4, 0.5) is 20.4 Å². The minimum atomic E-state index is -0.679. The van der Waals surface area contributed by atoms with Gasteiger partial charge in [0.15, 0.2) is 23.3 Å². The number of thioether (sulfide) groups is 1. The number of rotatable bonds is 5. The Labute approximate surface area is 98.2 Å². The van der Waals surface area contributed by atoms with Gasteiger partial charge in [0, 0.05) is 32.5 Å². The number of hydrogen-bond acceptors (Lipinski definition) is 4. The number of hydrogen-bond donors (Lipinski definition) is 1. The Morgan fingerprint density at radius 3 is 2.69 bits per heavy atom. The van der Waals surface area contributed by atoms with Crippen LogP contribution in [0.5, 0.6) is 0 Å². The molecule has 0 atom stereocenters. The van der Waals surface area contributed by atoms with Crippen molar-refractivity contribution in [3.8, 4) is 0 Å². The Kier molecular flexibility index (Phi) is 4.79. The molecule has 0 saturated heterocycles. The van der Waals surface area contributed by atoms with E-state index in [0.29, 0.717) is 6.54 Å². The Bertz CT molecular complexity index is 360. The van der Waals surface area contributed by atoms with Gasteiger partial charge in [-0.25, -0.2) is 13.8 Å². The van der Waals surface area contributed by atoms with Crippen LogP contribution < -0.4 is 10.2 Å². The smallest absolute Gasteiger partial charge is 0.168 e. The second-order valence-corrected chi connectivity index (χ2v) is 4.27. The lowest BCUT2D eigenvalue weighted by molar-refractivity contribution is 0.574. The SMILES string of the molecule is CNc1nc(N(C)CCSC)c(F)cc1F. The third-order valence-corrected chi connectivity index (χ3v) is 2.73. The van der Waals surface area contributed by atoms with E-state index in [1.54, 1.807) is 30.8 Å². The van der Waals surface area contributed by atoms with E-state index in [-0.39, 0.29) is 11.6 Å². The van der Waals surface area contributed by atoms with Crippen LogP contribution in [0.15, 0.2) is 6.07 Å². The normalized spacial score (nSPS) is 10.3. The average Bonchev–Trinajstić information content (AvgIpc) is 2.26. The van der Waals surface area contributed by atoms with E-state index < -0.39 is 11.6 Å². The predicted octanol–water partition coefficient (Wildman–Crippen LogP) is 2.20. The summed E-state index contributed by atoms with van der Waals surface area (Å²) < 4.78 is 26.6. The quantitative estimate of drug-likeness (QED) is 0.863. The Morgan fingerprint density at radius 2 is 2.12 bits per heavy atom. The molecule has 90 valence electrons. The van der Waals surface area contributed by atoms with Crippen molar-refractivity contribution >= 4 is 23.4 Å². The van der Waals surface area contributed by atoms with Crippen molar-refractivity contribution in [1.82, 2.24) is 4.98 Å². The van der Waals surface area contributed by atoms with Crippen molar-refractivity contribution in [2.24, 2.45) is 0 Å². The second-order valence-electron chi connectivity index (χ2n) is 3.29. The Balaban J connectivity index is 2.94. The summed E-state index contributed by atoms with van der Waals surface area (Å²) in [5.74, 6) is -0.224. The summed E-state index contributed by atoms with van der Waals surface area (Å²) in [6, 6.07) is 0.851. The van der Waals surface area contributed by atoms with Crippen LogP contribution in [0.2, 0.25) is 0 Å². The second kappa shape index (κ2) is 5.89. The van der Waals surface area contributed by atoms with Crippen LogP contribution in [0.25, 0.3) is 0 Å². The molecule has 0 aliphatic carbocycles. The summed E-state index contributed by atoms with van der Waals surface area (Å²) in [5, 5.41) is 2.59. The van der Waals surface area contributed by atoms with Gasteiger partial charge in [0.05, 0.1) is 0 Å². The third kappa shape index (κ3) is 2.98. The summed E-state index contributed by atoms with van der Waals surface area (Å²) in [4.78, 5) is 5.57. The summed E-state index contributed by atoms with van der Waals surface area (Å²) >= 11 is 1.66. The molecule has 1 N–H and O–H groups in total.